The largest absolute Gasteiger partial charge is 0.370 e. The molecule has 3 nitrogen and oxygen atoms in total. The molecule has 1 saturated carbocycles. The Balaban J connectivity index is 1.59. The third-order valence-corrected chi connectivity index (χ3v) is 5.14. The average Bonchev–Trinajstić information content (AvgIpc) is 3.13. The molecule has 2 N–H and O–H groups in total. The highest BCUT2D eigenvalue weighted by Gasteiger charge is 2.42. The van der Waals surface area contributed by atoms with Crippen molar-refractivity contribution in [3.63, 3.8) is 0 Å². The Morgan fingerprint density at radius 2 is 2.10 bits per heavy atom. The second-order valence-electron chi connectivity index (χ2n) is 7.08. The number of hydrogen-bond donors (Lipinski definition) is 1. The molecule has 20 heavy (non-hydrogen) atoms. The van der Waals surface area contributed by atoms with Crippen molar-refractivity contribution >= 4 is 0 Å². The van der Waals surface area contributed by atoms with Crippen molar-refractivity contribution in [2.45, 2.75) is 76.7 Å². The Kier molecular flexibility index (Phi) is 3.91. The zero-order chi connectivity index (χ0) is 14.2. The summed E-state index contributed by atoms with van der Waals surface area (Å²) in [5, 5.41) is 0. The van der Waals surface area contributed by atoms with E-state index in [0.717, 1.165) is 6.54 Å². The molecule has 1 aromatic heterocycles. The summed E-state index contributed by atoms with van der Waals surface area (Å²) >= 11 is 0. The third-order valence-electron chi connectivity index (χ3n) is 5.14. The van der Waals surface area contributed by atoms with Crippen LogP contribution >= 0.6 is 0 Å². The minimum atomic E-state index is 0.141. The van der Waals surface area contributed by atoms with Crippen LogP contribution in [0.5, 0.6) is 0 Å². The van der Waals surface area contributed by atoms with Gasteiger partial charge in [-0.25, -0.2) is 0 Å². The summed E-state index contributed by atoms with van der Waals surface area (Å²) in [6, 6.07) is 2.30. The molecule has 112 valence electrons. The van der Waals surface area contributed by atoms with Gasteiger partial charge in [0.15, 0.2) is 0 Å². The molecule has 1 aliphatic carbocycles. The van der Waals surface area contributed by atoms with Gasteiger partial charge in [0.2, 0.25) is 0 Å². The maximum atomic E-state index is 6.38. The molecule has 2 fully saturated rings. The average molecular weight is 276 g/mol. The molecular weight excluding hydrogens is 248 g/mol. The van der Waals surface area contributed by atoms with E-state index in [1.54, 1.807) is 0 Å². The molecule has 2 unspecified atom stereocenters. The van der Waals surface area contributed by atoms with E-state index in [9.17, 15) is 0 Å². The molecule has 2 heterocycles. The van der Waals surface area contributed by atoms with Gasteiger partial charge in [0.05, 0.1) is 11.7 Å². The topological polar surface area (TPSA) is 40.2 Å². The summed E-state index contributed by atoms with van der Waals surface area (Å²) in [6.45, 7) is 5.32. The lowest BCUT2D eigenvalue weighted by atomic mass is 9.98. The van der Waals surface area contributed by atoms with Crippen LogP contribution in [0.2, 0.25) is 0 Å². The highest BCUT2D eigenvalue weighted by atomic mass is 16.5. The summed E-state index contributed by atoms with van der Waals surface area (Å²) in [5.74, 6) is 0.482. The molecule has 0 radical (unpaired) electrons. The molecule has 2 atom stereocenters. The lowest BCUT2D eigenvalue weighted by Gasteiger charge is -2.24. The fourth-order valence-corrected chi connectivity index (χ4v) is 3.80. The molecule has 0 bridgehead atoms. The van der Waals surface area contributed by atoms with Crippen LogP contribution in [0.3, 0.4) is 0 Å². The van der Waals surface area contributed by atoms with Gasteiger partial charge in [0, 0.05) is 25.0 Å². The minimum Gasteiger partial charge on any atom is -0.370 e. The molecule has 2 aliphatic rings. The van der Waals surface area contributed by atoms with Gasteiger partial charge >= 0.3 is 0 Å². The van der Waals surface area contributed by atoms with Gasteiger partial charge in [-0.2, -0.15) is 0 Å². The maximum absolute atomic E-state index is 6.38. The van der Waals surface area contributed by atoms with Crippen molar-refractivity contribution in [1.29, 1.82) is 0 Å². The van der Waals surface area contributed by atoms with E-state index in [4.69, 9.17) is 10.5 Å². The van der Waals surface area contributed by atoms with Crippen LogP contribution in [-0.4, -0.2) is 16.3 Å². The van der Waals surface area contributed by atoms with E-state index < -0.39 is 0 Å². The number of hydrogen-bond acceptors (Lipinski definition) is 2. The lowest BCUT2D eigenvalue weighted by molar-refractivity contribution is -0.0417. The first-order valence-electron chi connectivity index (χ1n) is 8.17. The first kappa shape index (κ1) is 14.2. The molecular formula is C17H28N2O. The van der Waals surface area contributed by atoms with E-state index in [0.29, 0.717) is 12.0 Å². The van der Waals surface area contributed by atoms with Crippen molar-refractivity contribution in [2.24, 2.45) is 11.7 Å². The van der Waals surface area contributed by atoms with E-state index in [-0.39, 0.29) is 11.6 Å². The summed E-state index contributed by atoms with van der Waals surface area (Å²) in [6.07, 6.45) is 12.5. The van der Waals surface area contributed by atoms with Gasteiger partial charge in [-0.3, -0.25) is 0 Å². The first-order chi connectivity index (χ1) is 9.58. The molecule has 0 aromatic carbocycles. The van der Waals surface area contributed by atoms with Crippen LogP contribution in [-0.2, 0) is 11.3 Å². The van der Waals surface area contributed by atoms with E-state index in [1.807, 2.05) is 0 Å². The van der Waals surface area contributed by atoms with Gasteiger partial charge in [0.1, 0.15) is 0 Å². The van der Waals surface area contributed by atoms with E-state index in [1.165, 1.54) is 44.1 Å². The normalized spacial score (nSPS) is 26.7. The zero-order valence-corrected chi connectivity index (χ0v) is 12.8. The summed E-state index contributed by atoms with van der Waals surface area (Å²) in [4.78, 5) is 0. The summed E-state index contributed by atoms with van der Waals surface area (Å²) in [7, 11) is 0. The van der Waals surface area contributed by atoms with Crippen molar-refractivity contribution in [3.05, 3.63) is 24.0 Å². The van der Waals surface area contributed by atoms with Crippen LogP contribution in [0.15, 0.2) is 18.5 Å². The van der Waals surface area contributed by atoms with Crippen LogP contribution < -0.4 is 5.73 Å². The predicted octanol–water partition coefficient (Wildman–Crippen LogP) is 3.64. The highest BCUT2D eigenvalue weighted by molar-refractivity contribution is 5.15. The van der Waals surface area contributed by atoms with Gasteiger partial charge < -0.3 is 15.0 Å². The van der Waals surface area contributed by atoms with Crippen LogP contribution in [0, 0.1) is 5.92 Å². The van der Waals surface area contributed by atoms with Crippen LogP contribution in [0.4, 0.5) is 0 Å². The maximum Gasteiger partial charge on any atom is 0.0762 e. The molecule has 1 aromatic rings. The first-order valence-corrected chi connectivity index (χ1v) is 8.17. The SMILES string of the molecule is CC(C)C(N)c1ccn(CC2CCC3(CCCC3)O2)c1. The Bertz CT molecular complexity index is 446. The standard InChI is InChI=1S/C17H28N2O/c1-13(2)16(18)14-6-10-19(11-14)12-15-5-9-17(20-15)7-3-4-8-17/h6,10-11,13,15-16H,3-5,7-9,12,18H2,1-2H3. The van der Waals surface area contributed by atoms with Crippen molar-refractivity contribution < 1.29 is 4.74 Å². The fourth-order valence-electron chi connectivity index (χ4n) is 3.80. The lowest BCUT2D eigenvalue weighted by Crippen LogP contribution is -2.26. The zero-order valence-electron chi connectivity index (χ0n) is 12.8. The van der Waals surface area contributed by atoms with Gasteiger partial charge in [-0.05, 0) is 43.2 Å². The predicted molar refractivity (Wildman–Crippen MR) is 81.5 cm³/mol. The summed E-state index contributed by atoms with van der Waals surface area (Å²) in [5.41, 5.74) is 7.70. The third kappa shape index (κ3) is 2.79. The number of rotatable bonds is 4. The van der Waals surface area contributed by atoms with E-state index in [2.05, 4.69) is 36.9 Å². The molecule has 0 amide bonds. The number of nitrogens with zero attached hydrogens (tertiary/aromatic N) is 1. The number of nitrogens with two attached hydrogens (primary N) is 1. The van der Waals surface area contributed by atoms with E-state index >= 15 is 0 Å². The van der Waals surface area contributed by atoms with Crippen molar-refractivity contribution in [1.82, 2.24) is 4.57 Å². The Hall–Kier alpha value is -0.800. The second-order valence-corrected chi connectivity index (χ2v) is 7.08. The second kappa shape index (κ2) is 5.53. The van der Waals surface area contributed by atoms with Gasteiger partial charge in [0.25, 0.3) is 0 Å². The van der Waals surface area contributed by atoms with Crippen molar-refractivity contribution in [3.8, 4) is 0 Å². The highest BCUT2D eigenvalue weighted by Crippen LogP contribution is 2.43. The summed E-state index contributed by atoms with van der Waals surface area (Å²) < 4.78 is 8.64. The molecule has 1 saturated heterocycles. The fraction of sp³-hybridized carbons (Fsp3) is 0.765. The number of ether oxygens (including phenoxy) is 1. The monoisotopic (exact) mass is 276 g/mol. The van der Waals surface area contributed by atoms with Gasteiger partial charge in [-0.15, -0.1) is 0 Å². The molecule has 1 spiro atoms. The molecule has 1 aliphatic heterocycles. The number of aromatic nitrogens is 1. The Labute approximate surface area is 122 Å². The van der Waals surface area contributed by atoms with Crippen molar-refractivity contribution in [2.75, 3.05) is 0 Å². The van der Waals surface area contributed by atoms with Crippen LogP contribution in [0.1, 0.15) is 64.0 Å². The quantitative estimate of drug-likeness (QED) is 0.912. The Morgan fingerprint density at radius 1 is 1.35 bits per heavy atom. The Morgan fingerprint density at radius 3 is 2.80 bits per heavy atom. The minimum absolute atomic E-state index is 0.141. The molecule has 3 rings (SSSR count). The van der Waals surface area contributed by atoms with Crippen LogP contribution in [0.25, 0.3) is 0 Å². The van der Waals surface area contributed by atoms with Gasteiger partial charge in [-0.1, -0.05) is 26.7 Å². The smallest absolute Gasteiger partial charge is 0.0762 e. The molecule has 3 heteroatoms.